The largest absolute Gasteiger partial charge is 0.361 e. The number of nitrogens with zero attached hydrogens (tertiary/aromatic N) is 4. The Balaban J connectivity index is 1.66. The van der Waals surface area contributed by atoms with Crippen LogP contribution in [0.1, 0.15) is 34.3 Å². The molecule has 5 nitrogen and oxygen atoms in total. The second-order valence-corrected chi connectivity index (χ2v) is 9.17. The normalized spacial score (nSPS) is 12.2. The molecule has 0 unspecified atom stereocenters. The van der Waals surface area contributed by atoms with Crippen molar-refractivity contribution in [3.63, 3.8) is 0 Å². The van der Waals surface area contributed by atoms with Crippen LogP contribution in [0.2, 0.25) is 0 Å². The van der Waals surface area contributed by atoms with E-state index < -0.39 is 0 Å². The Bertz CT molecular complexity index is 1590. The monoisotopic (exact) mass is 470 g/mol. The van der Waals surface area contributed by atoms with Gasteiger partial charge in [0.1, 0.15) is 11.8 Å². The minimum Gasteiger partial charge on any atom is -0.361 e. The van der Waals surface area contributed by atoms with E-state index in [9.17, 15) is 0 Å². The lowest BCUT2D eigenvalue weighted by Gasteiger charge is -2.20. The van der Waals surface area contributed by atoms with Crippen molar-refractivity contribution in [2.24, 2.45) is 0 Å². The van der Waals surface area contributed by atoms with E-state index in [1.165, 1.54) is 5.56 Å². The fourth-order valence-corrected chi connectivity index (χ4v) is 4.96. The van der Waals surface area contributed by atoms with Crippen molar-refractivity contribution in [3.05, 3.63) is 126 Å². The minimum atomic E-state index is -0.115. The molecule has 5 heteroatoms. The third kappa shape index (κ3) is 3.79. The predicted octanol–water partition coefficient (Wildman–Crippen LogP) is 7.32. The number of fused-ring (bicyclic) bond motifs is 1. The summed E-state index contributed by atoms with van der Waals surface area (Å²) < 4.78 is 7.77. The lowest BCUT2D eigenvalue weighted by Crippen LogP contribution is -2.13. The van der Waals surface area contributed by atoms with Crippen molar-refractivity contribution in [2.75, 3.05) is 0 Å². The third-order valence-corrected chi connectivity index (χ3v) is 6.72. The van der Waals surface area contributed by atoms with E-state index in [2.05, 4.69) is 83.5 Å². The SMILES string of the molecule is Cc1ccc(-c2cn([C@@H](c3ccccc3)c3ccccn3)c3cc(-c4c(C)noc4C)cnc23)cc1. The van der Waals surface area contributed by atoms with Gasteiger partial charge in [-0.2, -0.15) is 0 Å². The van der Waals surface area contributed by atoms with Gasteiger partial charge >= 0.3 is 0 Å². The summed E-state index contributed by atoms with van der Waals surface area (Å²) in [6, 6.07) is 27.3. The van der Waals surface area contributed by atoms with E-state index in [-0.39, 0.29) is 6.04 Å². The number of rotatable bonds is 5. The summed E-state index contributed by atoms with van der Waals surface area (Å²) in [6.45, 7) is 6.01. The molecule has 0 bridgehead atoms. The lowest BCUT2D eigenvalue weighted by molar-refractivity contribution is 0.393. The molecule has 0 radical (unpaired) electrons. The Labute approximate surface area is 210 Å². The maximum Gasteiger partial charge on any atom is 0.141 e. The fourth-order valence-electron chi connectivity index (χ4n) is 4.96. The zero-order valence-electron chi connectivity index (χ0n) is 20.5. The molecular formula is C31H26N4O. The van der Waals surface area contributed by atoms with Crippen LogP contribution in [0.15, 0.2) is 102 Å². The summed E-state index contributed by atoms with van der Waals surface area (Å²) in [6.07, 6.45) is 5.99. The van der Waals surface area contributed by atoms with Crippen molar-refractivity contribution >= 4 is 11.0 Å². The highest BCUT2D eigenvalue weighted by Crippen LogP contribution is 2.38. The third-order valence-electron chi connectivity index (χ3n) is 6.72. The number of hydrogen-bond acceptors (Lipinski definition) is 4. The zero-order valence-corrected chi connectivity index (χ0v) is 20.5. The summed E-state index contributed by atoms with van der Waals surface area (Å²) in [5.74, 6) is 0.787. The molecule has 0 saturated carbocycles. The van der Waals surface area contributed by atoms with Crippen molar-refractivity contribution in [2.45, 2.75) is 26.8 Å². The van der Waals surface area contributed by atoms with E-state index in [0.29, 0.717) is 0 Å². The van der Waals surface area contributed by atoms with Gasteiger partial charge in [-0.25, -0.2) is 0 Å². The van der Waals surface area contributed by atoms with Gasteiger partial charge in [0.05, 0.1) is 22.4 Å². The molecule has 4 heterocycles. The van der Waals surface area contributed by atoms with Crippen molar-refractivity contribution in [1.29, 1.82) is 0 Å². The lowest BCUT2D eigenvalue weighted by atomic mass is 10.0. The molecule has 36 heavy (non-hydrogen) atoms. The minimum absolute atomic E-state index is 0.115. The average molecular weight is 471 g/mol. The van der Waals surface area contributed by atoms with Crippen LogP contribution in [0.25, 0.3) is 33.3 Å². The first-order chi connectivity index (χ1) is 17.6. The topological polar surface area (TPSA) is 56.7 Å². The molecule has 0 spiro atoms. The molecule has 2 aromatic carbocycles. The Morgan fingerprint density at radius 3 is 2.28 bits per heavy atom. The van der Waals surface area contributed by atoms with Crippen LogP contribution in [-0.2, 0) is 0 Å². The van der Waals surface area contributed by atoms with Gasteiger partial charge in [-0.05, 0) is 50.1 Å². The second kappa shape index (κ2) is 8.93. The molecule has 0 fully saturated rings. The van der Waals surface area contributed by atoms with E-state index in [0.717, 1.165) is 56.0 Å². The van der Waals surface area contributed by atoms with Gasteiger partial charge < -0.3 is 9.09 Å². The van der Waals surface area contributed by atoms with Crippen LogP contribution in [-0.4, -0.2) is 19.7 Å². The predicted molar refractivity (Wildman–Crippen MR) is 143 cm³/mol. The van der Waals surface area contributed by atoms with Crippen LogP contribution in [0.3, 0.4) is 0 Å². The standard InChI is InChI=1S/C31H26N4O/c1-20-12-14-23(15-13-20)26-19-35(31(24-9-5-4-6-10-24)27-11-7-8-16-32-27)28-17-25(18-33-30(26)28)29-21(2)34-36-22(29)3/h4-19,31H,1-3H3/t31-/m0/s1. The van der Waals surface area contributed by atoms with Crippen molar-refractivity contribution < 1.29 is 4.52 Å². The molecule has 4 aromatic heterocycles. The number of pyridine rings is 2. The average Bonchev–Trinajstić information content (AvgIpc) is 3.45. The second-order valence-electron chi connectivity index (χ2n) is 9.17. The molecule has 0 aliphatic rings. The zero-order chi connectivity index (χ0) is 24.6. The van der Waals surface area contributed by atoms with Crippen LogP contribution >= 0.6 is 0 Å². The molecule has 0 aliphatic carbocycles. The van der Waals surface area contributed by atoms with Gasteiger partial charge in [-0.3, -0.25) is 9.97 Å². The van der Waals surface area contributed by atoms with Crippen molar-refractivity contribution in [3.8, 4) is 22.3 Å². The highest BCUT2D eigenvalue weighted by molar-refractivity contribution is 5.95. The molecule has 0 N–H and O–H groups in total. The van der Waals surface area contributed by atoms with Crippen LogP contribution in [0.5, 0.6) is 0 Å². The van der Waals surface area contributed by atoms with E-state index in [1.807, 2.05) is 44.4 Å². The first-order valence-corrected chi connectivity index (χ1v) is 12.1. The molecule has 0 saturated heterocycles. The van der Waals surface area contributed by atoms with Crippen molar-refractivity contribution in [1.82, 2.24) is 19.7 Å². The Morgan fingerprint density at radius 2 is 1.58 bits per heavy atom. The number of hydrogen-bond donors (Lipinski definition) is 0. The van der Waals surface area contributed by atoms with E-state index in [4.69, 9.17) is 14.5 Å². The van der Waals surface area contributed by atoms with Crippen LogP contribution in [0.4, 0.5) is 0 Å². The summed E-state index contributed by atoms with van der Waals surface area (Å²) >= 11 is 0. The molecular weight excluding hydrogens is 444 g/mol. The van der Waals surface area contributed by atoms with Gasteiger partial charge in [-0.1, -0.05) is 71.4 Å². The number of aromatic nitrogens is 4. The Kier molecular flexibility index (Phi) is 5.45. The Hall–Kier alpha value is -4.51. The first kappa shape index (κ1) is 22.0. The maximum absolute atomic E-state index is 5.47. The summed E-state index contributed by atoms with van der Waals surface area (Å²) in [7, 11) is 0. The summed E-state index contributed by atoms with van der Waals surface area (Å²) in [5.41, 5.74) is 10.4. The first-order valence-electron chi connectivity index (χ1n) is 12.1. The summed E-state index contributed by atoms with van der Waals surface area (Å²) in [4.78, 5) is 9.76. The molecule has 6 rings (SSSR count). The van der Waals surface area contributed by atoms with E-state index >= 15 is 0 Å². The molecule has 176 valence electrons. The van der Waals surface area contributed by atoms with E-state index in [1.54, 1.807) is 0 Å². The number of aryl methyl sites for hydroxylation is 3. The fraction of sp³-hybridized carbons (Fsp3) is 0.129. The van der Waals surface area contributed by atoms with Crippen LogP contribution in [0, 0.1) is 20.8 Å². The van der Waals surface area contributed by atoms with Crippen LogP contribution < -0.4 is 0 Å². The van der Waals surface area contributed by atoms with Gasteiger partial charge in [-0.15, -0.1) is 0 Å². The quantitative estimate of drug-likeness (QED) is 0.265. The van der Waals surface area contributed by atoms with Gasteiger partial charge in [0.15, 0.2) is 0 Å². The number of benzene rings is 2. The molecule has 0 aliphatic heterocycles. The highest BCUT2D eigenvalue weighted by atomic mass is 16.5. The molecule has 6 aromatic rings. The molecule has 0 amide bonds. The van der Waals surface area contributed by atoms with Gasteiger partial charge in [0, 0.05) is 35.3 Å². The highest BCUT2D eigenvalue weighted by Gasteiger charge is 2.23. The van der Waals surface area contributed by atoms with Gasteiger partial charge in [0.25, 0.3) is 0 Å². The Morgan fingerprint density at radius 1 is 0.806 bits per heavy atom. The smallest absolute Gasteiger partial charge is 0.141 e. The van der Waals surface area contributed by atoms with Gasteiger partial charge in [0.2, 0.25) is 0 Å². The summed E-state index contributed by atoms with van der Waals surface area (Å²) in [5, 5.41) is 4.17. The maximum atomic E-state index is 5.47. The molecule has 1 atom stereocenters.